The highest BCUT2D eigenvalue weighted by Gasteiger charge is 2.19. The van der Waals surface area contributed by atoms with E-state index in [1.165, 1.54) is 0 Å². The lowest BCUT2D eigenvalue weighted by atomic mass is 10.2. The molecule has 0 aromatic heterocycles. The maximum absolute atomic E-state index is 5.96. The van der Waals surface area contributed by atoms with E-state index in [4.69, 9.17) is 27.9 Å². The van der Waals surface area contributed by atoms with E-state index in [0.29, 0.717) is 15.8 Å². The first-order chi connectivity index (χ1) is 6.44. The van der Waals surface area contributed by atoms with Crippen LogP contribution in [-0.4, -0.2) is 10.9 Å². The molecular weight excluding hydrogens is 287 g/mol. The van der Waals surface area contributed by atoms with Gasteiger partial charge in [-0.05, 0) is 26.0 Å². The van der Waals surface area contributed by atoms with Gasteiger partial charge in [0.25, 0.3) is 0 Å². The smallest absolute Gasteiger partial charge is 0.140 e. The Morgan fingerprint density at radius 3 is 2.57 bits per heavy atom. The van der Waals surface area contributed by atoms with Crippen molar-refractivity contribution in [2.45, 2.75) is 19.4 Å². The number of hydrogen-bond acceptors (Lipinski definition) is 1. The van der Waals surface area contributed by atoms with Crippen molar-refractivity contribution in [2.24, 2.45) is 0 Å². The van der Waals surface area contributed by atoms with E-state index < -0.39 is 0 Å². The van der Waals surface area contributed by atoms with E-state index >= 15 is 0 Å². The first-order valence-electron chi connectivity index (χ1n) is 4.15. The van der Waals surface area contributed by atoms with Crippen molar-refractivity contribution in [1.82, 2.24) is 0 Å². The van der Waals surface area contributed by atoms with Gasteiger partial charge in [-0.15, -0.1) is 0 Å². The summed E-state index contributed by atoms with van der Waals surface area (Å²) < 4.78 is 5.70. The molecule has 1 nitrogen and oxygen atoms in total. The summed E-state index contributed by atoms with van der Waals surface area (Å²) in [6.45, 7) is 3.94. The Hall–Kier alpha value is 0.0800. The molecule has 0 N–H and O–H groups in total. The van der Waals surface area contributed by atoms with Crippen LogP contribution in [0.2, 0.25) is 10.0 Å². The van der Waals surface area contributed by atoms with E-state index in [-0.39, 0.29) is 5.60 Å². The van der Waals surface area contributed by atoms with Crippen molar-refractivity contribution in [3.63, 3.8) is 0 Å². The van der Waals surface area contributed by atoms with Gasteiger partial charge in [-0.25, -0.2) is 0 Å². The highest BCUT2D eigenvalue weighted by Crippen LogP contribution is 2.31. The molecule has 0 atom stereocenters. The van der Waals surface area contributed by atoms with Crippen molar-refractivity contribution in [3.8, 4) is 5.75 Å². The van der Waals surface area contributed by atoms with Crippen LogP contribution in [-0.2, 0) is 0 Å². The molecule has 0 heterocycles. The summed E-state index contributed by atoms with van der Waals surface area (Å²) in [4.78, 5) is 0. The van der Waals surface area contributed by atoms with Crippen LogP contribution in [0.4, 0.5) is 0 Å². The fourth-order valence-corrected chi connectivity index (χ4v) is 1.31. The molecule has 0 fully saturated rings. The molecular formula is C10H11BrCl2O. The SMILES string of the molecule is CC(C)(CBr)Oc1cc(Cl)ccc1Cl. The Balaban J connectivity index is 2.91. The second kappa shape index (κ2) is 4.73. The van der Waals surface area contributed by atoms with E-state index in [1.54, 1.807) is 18.2 Å². The molecule has 0 saturated heterocycles. The highest BCUT2D eigenvalue weighted by molar-refractivity contribution is 9.09. The molecule has 0 saturated carbocycles. The Bertz CT molecular complexity index is 326. The fraction of sp³-hybridized carbons (Fsp3) is 0.400. The lowest BCUT2D eigenvalue weighted by Gasteiger charge is -2.24. The number of alkyl halides is 1. The third-order valence-electron chi connectivity index (χ3n) is 1.60. The Labute approximate surface area is 102 Å². The number of ether oxygens (including phenoxy) is 1. The third-order valence-corrected chi connectivity index (χ3v) is 3.50. The van der Waals surface area contributed by atoms with Gasteiger partial charge in [-0.3, -0.25) is 0 Å². The van der Waals surface area contributed by atoms with Gasteiger partial charge >= 0.3 is 0 Å². The molecule has 1 aromatic rings. The Morgan fingerprint density at radius 1 is 1.36 bits per heavy atom. The monoisotopic (exact) mass is 296 g/mol. The lowest BCUT2D eigenvalue weighted by molar-refractivity contribution is 0.137. The summed E-state index contributed by atoms with van der Waals surface area (Å²) in [5.41, 5.74) is -0.297. The average Bonchev–Trinajstić information content (AvgIpc) is 2.11. The van der Waals surface area contributed by atoms with Crippen LogP contribution in [0.1, 0.15) is 13.8 Å². The number of hydrogen-bond donors (Lipinski definition) is 0. The summed E-state index contributed by atoms with van der Waals surface area (Å²) in [5, 5.41) is 1.92. The van der Waals surface area contributed by atoms with Crippen LogP contribution in [0.25, 0.3) is 0 Å². The van der Waals surface area contributed by atoms with Gasteiger partial charge in [0.1, 0.15) is 11.4 Å². The predicted octanol–water partition coefficient (Wildman–Crippen LogP) is 4.55. The van der Waals surface area contributed by atoms with Crippen LogP contribution >= 0.6 is 39.1 Å². The number of halogens is 3. The van der Waals surface area contributed by atoms with E-state index in [2.05, 4.69) is 15.9 Å². The van der Waals surface area contributed by atoms with Crippen molar-refractivity contribution in [2.75, 3.05) is 5.33 Å². The summed E-state index contributed by atoms with van der Waals surface area (Å²) in [5.74, 6) is 0.614. The third kappa shape index (κ3) is 3.34. The molecule has 4 heteroatoms. The van der Waals surface area contributed by atoms with Gasteiger partial charge in [-0.1, -0.05) is 39.1 Å². The van der Waals surface area contributed by atoms with Crippen LogP contribution < -0.4 is 4.74 Å². The van der Waals surface area contributed by atoms with E-state index in [0.717, 1.165) is 5.33 Å². The molecule has 0 radical (unpaired) electrons. The van der Waals surface area contributed by atoms with Gasteiger partial charge in [0.05, 0.1) is 5.02 Å². The average molecular weight is 298 g/mol. The molecule has 0 aliphatic heterocycles. The summed E-state index contributed by atoms with van der Waals surface area (Å²) in [6, 6.07) is 5.18. The van der Waals surface area contributed by atoms with Gasteiger partial charge in [0.15, 0.2) is 0 Å². The standard InChI is InChI=1S/C10H11BrCl2O/c1-10(2,6-11)14-9-5-7(12)3-4-8(9)13/h3-5H,6H2,1-2H3. The Morgan fingerprint density at radius 2 is 2.00 bits per heavy atom. The highest BCUT2D eigenvalue weighted by atomic mass is 79.9. The molecule has 0 bridgehead atoms. The minimum Gasteiger partial charge on any atom is -0.485 e. The molecule has 0 unspecified atom stereocenters. The van der Waals surface area contributed by atoms with Crippen molar-refractivity contribution < 1.29 is 4.74 Å². The van der Waals surface area contributed by atoms with Gasteiger partial charge < -0.3 is 4.74 Å². The van der Waals surface area contributed by atoms with Crippen LogP contribution in [0, 0.1) is 0 Å². The van der Waals surface area contributed by atoms with Crippen molar-refractivity contribution >= 4 is 39.1 Å². The molecule has 0 aliphatic rings. The van der Waals surface area contributed by atoms with Crippen molar-refractivity contribution in [3.05, 3.63) is 28.2 Å². The molecule has 1 aromatic carbocycles. The summed E-state index contributed by atoms with van der Waals surface area (Å²) in [7, 11) is 0. The van der Waals surface area contributed by atoms with Crippen LogP contribution in [0.3, 0.4) is 0 Å². The summed E-state index contributed by atoms with van der Waals surface area (Å²) >= 11 is 15.2. The van der Waals surface area contributed by atoms with Gasteiger partial charge in [0, 0.05) is 16.4 Å². The first-order valence-corrected chi connectivity index (χ1v) is 6.02. The van der Waals surface area contributed by atoms with Crippen molar-refractivity contribution in [1.29, 1.82) is 0 Å². The molecule has 1 rings (SSSR count). The molecule has 14 heavy (non-hydrogen) atoms. The zero-order valence-corrected chi connectivity index (χ0v) is 11.1. The normalized spacial score (nSPS) is 11.5. The predicted molar refractivity (Wildman–Crippen MR) is 65.0 cm³/mol. The lowest BCUT2D eigenvalue weighted by Crippen LogP contribution is -2.29. The zero-order valence-electron chi connectivity index (χ0n) is 7.98. The minimum atomic E-state index is -0.297. The van der Waals surface area contributed by atoms with Crippen LogP contribution in [0.5, 0.6) is 5.75 Å². The summed E-state index contributed by atoms with van der Waals surface area (Å²) in [6.07, 6.45) is 0. The fourth-order valence-electron chi connectivity index (χ4n) is 0.880. The molecule has 0 amide bonds. The van der Waals surface area contributed by atoms with Gasteiger partial charge in [0.2, 0.25) is 0 Å². The van der Waals surface area contributed by atoms with Crippen LogP contribution in [0.15, 0.2) is 18.2 Å². The molecule has 0 aliphatic carbocycles. The zero-order chi connectivity index (χ0) is 10.8. The first kappa shape index (κ1) is 12.2. The van der Waals surface area contributed by atoms with Gasteiger partial charge in [-0.2, -0.15) is 0 Å². The second-order valence-electron chi connectivity index (χ2n) is 3.57. The quantitative estimate of drug-likeness (QED) is 0.744. The van der Waals surface area contributed by atoms with E-state index in [9.17, 15) is 0 Å². The maximum atomic E-state index is 5.96. The number of rotatable bonds is 3. The topological polar surface area (TPSA) is 9.23 Å². The molecule has 78 valence electrons. The largest absolute Gasteiger partial charge is 0.485 e. The number of benzene rings is 1. The Kier molecular flexibility index (Phi) is 4.11. The maximum Gasteiger partial charge on any atom is 0.140 e. The molecule has 0 spiro atoms. The van der Waals surface area contributed by atoms with E-state index in [1.807, 2.05) is 13.8 Å². The second-order valence-corrected chi connectivity index (χ2v) is 4.97. The minimum absolute atomic E-state index is 0.297.